The van der Waals surface area contributed by atoms with Crippen LogP contribution in [-0.2, 0) is 4.79 Å². The van der Waals surface area contributed by atoms with Crippen LogP contribution in [0.1, 0.15) is 72.6 Å². The molecule has 0 aromatic heterocycles. The smallest absolute Gasteiger partial charge is 0.138 e. The van der Waals surface area contributed by atoms with Crippen molar-refractivity contribution in [3.63, 3.8) is 0 Å². The third-order valence-corrected chi connectivity index (χ3v) is 8.97. The Bertz CT molecular complexity index is 657. The first-order valence-electron chi connectivity index (χ1n) is 10.4. The summed E-state index contributed by atoms with van der Waals surface area (Å²) in [6, 6.07) is 2.39. The maximum Gasteiger partial charge on any atom is 0.138 e. The van der Waals surface area contributed by atoms with Gasteiger partial charge in [-0.1, -0.05) is 32.4 Å². The second-order valence-electron chi connectivity index (χ2n) is 10.2. The first-order chi connectivity index (χ1) is 11.8. The maximum atomic E-state index is 12.9. The maximum absolute atomic E-state index is 12.9. The number of nitrogens with zero attached hydrogens (tertiary/aromatic N) is 1. The van der Waals surface area contributed by atoms with Gasteiger partial charge in [-0.25, -0.2) is 0 Å². The van der Waals surface area contributed by atoms with Crippen LogP contribution in [0.15, 0.2) is 11.6 Å². The number of ketones is 1. The van der Waals surface area contributed by atoms with Crippen LogP contribution in [0.5, 0.6) is 0 Å². The van der Waals surface area contributed by atoms with E-state index in [0.29, 0.717) is 23.0 Å². The van der Waals surface area contributed by atoms with Crippen molar-refractivity contribution in [2.24, 2.45) is 46.3 Å². The molecule has 8 atom stereocenters. The van der Waals surface area contributed by atoms with Crippen molar-refractivity contribution >= 4 is 5.78 Å². The van der Waals surface area contributed by atoms with Crippen LogP contribution in [0.4, 0.5) is 0 Å². The molecule has 0 amide bonds. The standard InChI is InChI=1S/C23H33NO/c1-14-7-9-22(3)16(11-14)5-6-17-18(22)8-10-23(4)19(17)12-20(25)21(23)15(2)13-24/h5,14-15,17-19,21H,6-12H2,1-4H3/t14?,15-,17-,18+,19+,21+,22+,23+/m1/s1. The number of hydrogen-bond acceptors (Lipinski definition) is 2. The number of nitriles is 1. The second kappa shape index (κ2) is 5.70. The van der Waals surface area contributed by atoms with E-state index >= 15 is 0 Å². The largest absolute Gasteiger partial charge is 0.299 e. The summed E-state index contributed by atoms with van der Waals surface area (Å²) >= 11 is 0. The Morgan fingerprint density at radius 1 is 1.20 bits per heavy atom. The molecule has 3 saturated carbocycles. The highest BCUT2D eigenvalue weighted by molar-refractivity contribution is 5.85. The van der Waals surface area contributed by atoms with Crippen LogP contribution in [0.3, 0.4) is 0 Å². The van der Waals surface area contributed by atoms with Gasteiger partial charge in [0.1, 0.15) is 5.78 Å². The molecular formula is C23H33NO. The summed E-state index contributed by atoms with van der Waals surface area (Å²) in [5.41, 5.74) is 2.15. The summed E-state index contributed by atoms with van der Waals surface area (Å²) in [6.45, 7) is 9.22. The highest BCUT2D eigenvalue weighted by Crippen LogP contribution is 2.66. The molecule has 4 aliphatic carbocycles. The van der Waals surface area contributed by atoms with E-state index in [0.717, 1.165) is 24.7 Å². The molecule has 0 saturated heterocycles. The highest BCUT2D eigenvalue weighted by Gasteiger charge is 2.61. The van der Waals surface area contributed by atoms with Gasteiger partial charge in [-0.2, -0.15) is 5.26 Å². The number of Topliss-reactive ketones (excluding diaryl/α,β-unsaturated/α-hetero) is 1. The normalized spacial score (nSPS) is 50.1. The molecule has 25 heavy (non-hydrogen) atoms. The first kappa shape index (κ1) is 17.3. The zero-order chi connectivity index (χ0) is 18.0. The zero-order valence-corrected chi connectivity index (χ0v) is 16.3. The van der Waals surface area contributed by atoms with E-state index in [4.69, 9.17) is 0 Å². The van der Waals surface area contributed by atoms with E-state index < -0.39 is 0 Å². The summed E-state index contributed by atoms with van der Waals surface area (Å²) < 4.78 is 0. The molecular weight excluding hydrogens is 306 g/mol. The molecule has 2 nitrogen and oxygen atoms in total. The van der Waals surface area contributed by atoms with Crippen LogP contribution in [0.2, 0.25) is 0 Å². The van der Waals surface area contributed by atoms with Crippen LogP contribution >= 0.6 is 0 Å². The van der Waals surface area contributed by atoms with Crippen molar-refractivity contribution in [3.8, 4) is 6.07 Å². The molecule has 4 aliphatic rings. The molecule has 4 rings (SSSR count). The molecule has 3 fully saturated rings. The van der Waals surface area contributed by atoms with Gasteiger partial charge in [0.05, 0.1) is 12.0 Å². The average Bonchev–Trinajstić information content (AvgIpc) is 2.85. The van der Waals surface area contributed by atoms with E-state index in [9.17, 15) is 10.1 Å². The summed E-state index contributed by atoms with van der Waals surface area (Å²) in [5, 5.41) is 9.46. The molecule has 0 aromatic rings. The van der Waals surface area contributed by atoms with Gasteiger partial charge in [0.15, 0.2) is 0 Å². The Morgan fingerprint density at radius 3 is 2.68 bits per heavy atom. The minimum atomic E-state index is -0.139. The van der Waals surface area contributed by atoms with Crippen molar-refractivity contribution in [1.29, 1.82) is 5.26 Å². The minimum Gasteiger partial charge on any atom is -0.299 e. The molecule has 0 aromatic carbocycles. The molecule has 0 aliphatic heterocycles. The highest BCUT2D eigenvalue weighted by atomic mass is 16.1. The monoisotopic (exact) mass is 339 g/mol. The summed E-state index contributed by atoms with van der Waals surface area (Å²) in [7, 11) is 0. The number of fused-ring (bicyclic) bond motifs is 5. The molecule has 1 unspecified atom stereocenters. The van der Waals surface area contributed by atoms with E-state index in [1.807, 2.05) is 6.92 Å². The number of hydrogen-bond donors (Lipinski definition) is 0. The molecule has 136 valence electrons. The average molecular weight is 340 g/mol. The molecule has 0 heterocycles. The van der Waals surface area contributed by atoms with E-state index in [1.165, 1.54) is 32.1 Å². The SMILES string of the molecule is CC1CC[C@@]2(C)C(=CC[C@H]3[C@@H]4CC(=O)[C@H]([C@H](C)C#N)[C@@]4(C)CC[C@@H]32)C1. The summed E-state index contributed by atoms with van der Waals surface area (Å²) in [5.74, 6) is 2.93. The fraction of sp³-hybridized carbons (Fsp3) is 0.826. The predicted molar refractivity (Wildman–Crippen MR) is 99.5 cm³/mol. The van der Waals surface area contributed by atoms with Gasteiger partial charge in [0.25, 0.3) is 0 Å². The second-order valence-corrected chi connectivity index (χ2v) is 10.2. The lowest BCUT2D eigenvalue weighted by molar-refractivity contribution is -0.123. The lowest BCUT2D eigenvalue weighted by Gasteiger charge is -2.58. The van der Waals surface area contributed by atoms with Crippen molar-refractivity contribution in [2.75, 3.05) is 0 Å². The van der Waals surface area contributed by atoms with Crippen LogP contribution < -0.4 is 0 Å². The molecule has 0 spiro atoms. The third-order valence-electron chi connectivity index (χ3n) is 8.97. The molecule has 0 radical (unpaired) electrons. The van der Waals surface area contributed by atoms with Crippen molar-refractivity contribution < 1.29 is 4.79 Å². The summed E-state index contributed by atoms with van der Waals surface area (Å²) in [4.78, 5) is 12.9. The lowest BCUT2D eigenvalue weighted by Crippen LogP contribution is -2.50. The van der Waals surface area contributed by atoms with E-state index in [-0.39, 0.29) is 17.3 Å². The van der Waals surface area contributed by atoms with Gasteiger partial charge in [-0.3, -0.25) is 4.79 Å². The van der Waals surface area contributed by atoms with Gasteiger partial charge in [-0.05, 0) is 80.0 Å². The number of rotatable bonds is 1. The minimum absolute atomic E-state index is 0.0342. The van der Waals surface area contributed by atoms with E-state index in [2.05, 4.69) is 32.9 Å². The topological polar surface area (TPSA) is 40.9 Å². The van der Waals surface area contributed by atoms with Crippen molar-refractivity contribution in [1.82, 2.24) is 0 Å². The van der Waals surface area contributed by atoms with Crippen molar-refractivity contribution in [3.05, 3.63) is 11.6 Å². The Morgan fingerprint density at radius 2 is 1.96 bits per heavy atom. The van der Waals surface area contributed by atoms with Crippen LogP contribution in [-0.4, -0.2) is 5.78 Å². The molecule has 2 heteroatoms. The van der Waals surface area contributed by atoms with Crippen molar-refractivity contribution in [2.45, 2.75) is 72.6 Å². The number of carbonyl (C=O) groups excluding carboxylic acids is 1. The van der Waals surface area contributed by atoms with Crippen LogP contribution in [0.25, 0.3) is 0 Å². The van der Waals surface area contributed by atoms with Gasteiger partial charge in [0.2, 0.25) is 0 Å². The van der Waals surface area contributed by atoms with E-state index in [1.54, 1.807) is 5.57 Å². The lowest BCUT2D eigenvalue weighted by atomic mass is 9.46. The van der Waals surface area contributed by atoms with Gasteiger partial charge >= 0.3 is 0 Å². The first-order valence-corrected chi connectivity index (χ1v) is 10.4. The number of allylic oxidation sites excluding steroid dienone is 2. The Balaban J connectivity index is 1.68. The Hall–Kier alpha value is -1.10. The number of carbonyl (C=O) groups is 1. The quantitative estimate of drug-likeness (QED) is 0.588. The van der Waals surface area contributed by atoms with Gasteiger partial charge in [0, 0.05) is 12.3 Å². The van der Waals surface area contributed by atoms with Gasteiger partial charge < -0.3 is 0 Å². The predicted octanol–water partition coefficient (Wildman–Crippen LogP) is 5.54. The fourth-order valence-electron chi connectivity index (χ4n) is 7.60. The Labute approximate surface area is 153 Å². The molecule has 0 N–H and O–H groups in total. The van der Waals surface area contributed by atoms with Crippen LogP contribution in [0, 0.1) is 57.7 Å². The third kappa shape index (κ3) is 2.30. The van der Waals surface area contributed by atoms with Gasteiger partial charge in [-0.15, -0.1) is 0 Å². The Kier molecular flexibility index (Phi) is 3.95. The fourth-order valence-corrected chi connectivity index (χ4v) is 7.60. The zero-order valence-electron chi connectivity index (χ0n) is 16.3. The summed E-state index contributed by atoms with van der Waals surface area (Å²) in [6.07, 6.45) is 10.8. The molecule has 0 bridgehead atoms.